The summed E-state index contributed by atoms with van der Waals surface area (Å²) in [6, 6.07) is 130. The van der Waals surface area contributed by atoms with Crippen LogP contribution in [0.15, 0.2) is 346 Å². The van der Waals surface area contributed by atoms with E-state index in [4.69, 9.17) is 0 Å². The highest BCUT2D eigenvalue weighted by Crippen LogP contribution is 2.60. The Balaban J connectivity index is 1.08. The number of hydrogen-bond acceptors (Lipinski definition) is 1. The molecule has 19 rings (SSSR count). The highest BCUT2D eigenvalue weighted by atomic mass is 15.0. The Morgan fingerprint density at radius 3 is 0.771 bits per heavy atom. The molecular weight excluding hydrogens is 1160 g/mol. The lowest BCUT2D eigenvalue weighted by molar-refractivity contribution is 0.926. The van der Waals surface area contributed by atoms with E-state index in [1.165, 1.54) is 44.5 Å². The molecule has 3 heteroatoms. The second kappa shape index (κ2) is 22.3. The molecule has 0 amide bonds. The van der Waals surface area contributed by atoms with Gasteiger partial charge in [0.15, 0.2) is 0 Å². The maximum Gasteiger partial charge on any atom is 0.0999 e. The Morgan fingerprint density at radius 2 is 0.479 bits per heavy atom. The van der Waals surface area contributed by atoms with Gasteiger partial charge in [0.25, 0.3) is 0 Å². The molecule has 0 aliphatic heterocycles. The molecule has 2 aromatic heterocycles. The SMILES string of the molecule is N#Cc1c(C2c3ccccc3-c3ccccc32)c(-n2c3ccc(-c4ccccc4)cc3c3cc(-c4ccccc4)ccc32)c(-c2cccc(-c3ccccc3)c2)c(-n2c3ccc(-c4ccccc4)cc3c3cc(-c4ccccc4)ccc32)c1C1c2ccccc2-c2ccccc21. The van der Waals surface area contributed by atoms with Gasteiger partial charge in [-0.25, -0.2) is 0 Å². The first kappa shape index (κ1) is 55.1. The van der Waals surface area contributed by atoms with Crippen LogP contribution in [0.3, 0.4) is 0 Å². The minimum atomic E-state index is -0.391. The number of nitrogens with zero attached hydrogens (tertiary/aromatic N) is 3. The van der Waals surface area contributed by atoms with E-state index in [0.717, 1.165) is 133 Å². The summed E-state index contributed by atoms with van der Waals surface area (Å²) < 4.78 is 5.16. The number of aromatic nitrogens is 2. The third kappa shape index (κ3) is 8.59. The predicted octanol–water partition coefficient (Wildman–Crippen LogP) is 24.1. The summed E-state index contributed by atoms with van der Waals surface area (Å²) in [6.07, 6.45) is 0. The van der Waals surface area contributed by atoms with Gasteiger partial charge in [0.05, 0.1) is 45.1 Å². The van der Waals surface area contributed by atoms with Crippen LogP contribution < -0.4 is 0 Å². The van der Waals surface area contributed by atoms with Crippen molar-refractivity contribution >= 4 is 43.6 Å². The van der Waals surface area contributed by atoms with Crippen molar-refractivity contribution < 1.29 is 0 Å². The van der Waals surface area contributed by atoms with Crippen LogP contribution in [0.25, 0.3) is 144 Å². The van der Waals surface area contributed by atoms with Crippen molar-refractivity contribution in [3.8, 4) is 106 Å². The van der Waals surface area contributed by atoms with Gasteiger partial charge < -0.3 is 9.13 Å². The van der Waals surface area contributed by atoms with Crippen LogP contribution in [-0.2, 0) is 0 Å². The quantitative estimate of drug-likeness (QED) is 0.134. The lowest BCUT2D eigenvalue weighted by Gasteiger charge is -2.32. The van der Waals surface area contributed by atoms with E-state index in [1.54, 1.807) is 0 Å². The van der Waals surface area contributed by atoms with E-state index >= 15 is 0 Å². The summed E-state index contributed by atoms with van der Waals surface area (Å²) in [5, 5.41) is 17.9. The second-order valence-electron chi connectivity index (χ2n) is 25.6. The summed E-state index contributed by atoms with van der Waals surface area (Å²) >= 11 is 0. The largest absolute Gasteiger partial charge is 0.308 e. The van der Waals surface area contributed by atoms with Gasteiger partial charge in [0, 0.05) is 50.1 Å². The standard InChI is InChI=1S/C93H59N3/c94-58-82-90(88-74-41-20-16-37-70(74)71-38-17-21-42-75(71)88)92(95-83-49-45-65(60-27-8-2-9-28-60)54-78(83)79-55-66(46-50-84(79)95)61-29-10-3-11-30-61)87(69-36-24-35-64(53-69)59-25-6-1-7-26-59)93(91(82)89-76-43-22-18-39-72(76)73-40-19-23-44-77(73)89)96-85-51-47-67(62-31-12-4-13-32-62)56-80(85)81-57-68(48-52-86(81)96)63-33-14-5-15-34-63/h1-57,88-89H. The third-order valence-corrected chi connectivity index (χ3v) is 20.5. The zero-order valence-electron chi connectivity index (χ0n) is 52.4. The molecule has 2 aliphatic rings. The topological polar surface area (TPSA) is 33.6 Å². The summed E-state index contributed by atoms with van der Waals surface area (Å²) in [4.78, 5) is 0. The fourth-order valence-electron chi connectivity index (χ4n) is 16.4. The molecule has 2 aliphatic carbocycles. The van der Waals surface area contributed by atoms with E-state index < -0.39 is 11.8 Å². The van der Waals surface area contributed by atoms with E-state index in [2.05, 4.69) is 361 Å². The van der Waals surface area contributed by atoms with Crippen molar-refractivity contribution in [2.45, 2.75) is 11.8 Å². The van der Waals surface area contributed by atoms with Crippen LogP contribution in [0, 0.1) is 11.3 Å². The number of benzene rings is 15. The molecule has 17 aromatic rings. The van der Waals surface area contributed by atoms with Crippen molar-refractivity contribution in [2.24, 2.45) is 0 Å². The molecule has 0 spiro atoms. The van der Waals surface area contributed by atoms with Crippen molar-refractivity contribution in [3.05, 3.63) is 385 Å². The minimum Gasteiger partial charge on any atom is -0.308 e. The van der Waals surface area contributed by atoms with E-state index in [-0.39, 0.29) is 0 Å². The summed E-state index contributed by atoms with van der Waals surface area (Å²) in [7, 11) is 0. The van der Waals surface area contributed by atoms with Crippen LogP contribution in [0.1, 0.15) is 50.8 Å². The summed E-state index contributed by atoms with van der Waals surface area (Å²) in [6.45, 7) is 0. The van der Waals surface area contributed by atoms with E-state index in [9.17, 15) is 5.26 Å². The molecule has 2 heterocycles. The minimum absolute atomic E-state index is 0.391. The van der Waals surface area contributed by atoms with E-state index in [1.807, 2.05) is 0 Å². The second-order valence-corrected chi connectivity index (χ2v) is 25.6. The predicted molar refractivity (Wildman–Crippen MR) is 398 cm³/mol. The van der Waals surface area contributed by atoms with Crippen molar-refractivity contribution in [2.75, 3.05) is 0 Å². The number of fused-ring (bicyclic) bond motifs is 12. The number of nitriles is 1. The molecule has 0 saturated heterocycles. The molecule has 0 radical (unpaired) electrons. The molecule has 0 atom stereocenters. The Kier molecular flexibility index (Phi) is 12.8. The van der Waals surface area contributed by atoms with Crippen molar-refractivity contribution in [1.82, 2.24) is 9.13 Å². The average molecular weight is 1220 g/mol. The number of rotatable bonds is 10. The molecule has 0 unspecified atom stereocenters. The molecule has 3 nitrogen and oxygen atoms in total. The Bertz CT molecular complexity index is 5410. The molecule has 15 aromatic carbocycles. The summed E-state index contributed by atoms with van der Waals surface area (Å²) in [5.74, 6) is -0.782. The monoisotopic (exact) mass is 1220 g/mol. The Labute approximate surface area is 557 Å². The van der Waals surface area contributed by atoms with Crippen LogP contribution in [0.2, 0.25) is 0 Å². The molecular formula is C93H59N3. The fraction of sp³-hybridized carbons (Fsp3) is 0.0215. The number of hydrogen-bond donors (Lipinski definition) is 0. The van der Waals surface area contributed by atoms with Crippen molar-refractivity contribution in [1.29, 1.82) is 5.26 Å². The Hall–Kier alpha value is -12.6. The normalized spacial score (nSPS) is 12.5. The molecule has 0 fully saturated rings. The fourth-order valence-corrected chi connectivity index (χ4v) is 16.4. The highest BCUT2D eigenvalue weighted by Gasteiger charge is 2.43. The van der Waals surface area contributed by atoms with Gasteiger partial charge in [0.2, 0.25) is 0 Å². The lowest BCUT2D eigenvalue weighted by Crippen LogP contribution is -2.19. The van der Waals surface area contributed by atoms with Crippen LogP contribution in [0.4, 0.5) is 0 Å². The Morgan fingerprint density at radius 1 is 0.229 bits per heavy atom. The first-order valence-electron chi connectivity index (χ1n) is 33.2. The average Bonchev–Trinajstić information content (AvgIpc) is 1.49. The molecule has 0 bridgehead atoms. The maximum atomic E-state index is 13.4. The van der Waals surface area contributed by atoms with Crippen LogP contribution in [0.5, 0.6) is 0 Å². The van der Waals surface area contributed by atoms with Crippen LogP contribution in [-0.4, -0.2) is 9.13 Å². The molecule has 0 N–H and O–H groups in total. The van der Waals surface area contributed by atoms with Gasteiger partial charge in [0.1, 0.15) is 0 Å². The maximum absolute atomic E-state index is 13.4. The highest BCUT2D eigenvalue weighted by molar-refractivity contribution is 6.15. The summed E-state index contributed by atoms with van der Waals surface area (Å²) in [5.41, 5.74) is 31.4. The van der Waals surface area contributed by atoms with Gasteiger partial charge in [-0.05, 0) is 160 Å². The molecule has 446 valence electrons. The lowest BCUT2D eigenvalue weighted by atomic mass is 9.75. The smallest absolute Gasteiger partial charge is 0.0999 e. The van der Waals surface area contributed by atoms with Gasteiger partial charge in [-0.2, -0.15) is 5.26 Å². The zero-order valence-corrected chi connectivity index (χ0v) is 52.4. The van der Waals surface area contributed by atoms with Gasteiger partial charge in [-0.3, -0.25) is 0 Å². The first-order valence-corrected chi connectivity index (χ1v) is 33.2. The van der Waals surface area contributed by atoms with Gasteiger partial charge in [-0.15, -0.1) is 0 Å². The third-order valence-electron chi connectivity index (χ3n) is 20.5. The molecule has 0 saturated carbocycles. The van der Waals surface area contributed by atoms with Gasteiger partial charge in [-0.1, -0.05) is 291 Å². The van der Waals surface area contributed by atoms with Crippen molar-refractivity contribution in [3.63, 3.8) is 0 Å². The van der Waals surface area contributed by atoms with Crippen LogP contribution >= 0.6 is 0 Å². The zero-order chi connectivity index (χ0) is 63.4. The molecule has 96 heavy (non-hydrogen) atoms. The van der Waals surface area contributed by atoms with E-state index in [0.29, 0.717) is 5.56 Å². The van der Waals surface area contributed by atoms with Gasteiger partial charge >= 0.3 is 0 Å². The first-order chi connectivity index (χ1) is 47.6.